The Labute approximate surface area is 305 Å². The van der Waals surface area contributed by atoms with Gasteiger partial charge >= 0.3 is 0 Å². The van der Waals surface area contributed by atoms with Gasteiger partial charge < -0.3 is 14.4 Å². The smallest absolute Gasteiger partial charge is 0.260 e. The third kappa shape index (κ3) is 3.87. The quantitative estimate of drug-likeness (QED) is 0.175. The molecule has 248 valence electrons. The summed E-state index contributed by atoms with van der Waals surface area (Å²) in [7, 11) is 0. The molecule has 0 fully saturated rings. The largest absolute Gasteiger partial charge is 0.458 e. The maximum absolute atomic E-state index is 6.95. The van der Waals surface area contributed by atoms with Gasteiger partial charge in [-0.05, 0) is 104 Å². The van der Waals surface area contributed by atoms with Gasteiger partial charge in [0.05, 0.1) is 0 Å². The molecule has 0 bridgehead atoms. The Morgan fingerprint density at radius 2 is 1.08 bits per heavy atom. The van der Waals surface area contributed by atoms with E-state index in [4.69, 9.17) is 9.47 Å². The molecule has 7 aromatic rings. The monoisotopic (exact) mass is 669 g/mol. The number of hydrogen-bond acceptors (Lipinski definition) is 3. The third-order valence-corrected chi connectivity index (χ3v) is 12.1. The van der Waals surface area contributed by atoms with E-state index >= 15 is 0 Å². The van der Waals surface area contributed by atoms with Crippen LogP contribution in [0.25, 0.3) is 22.3 Å². The van der Waals surface area contributed by atoms with Crippen molar-refractivity contribution in [3.8, 4) is 45.3 Å². The van der Waals surface area contributed by atoms with Gasteiger partial charge in [-0.3, -0.25) is 0 Å². The first-order chi connectivity index (χ1) is 25.3. The van der Waals surface area contributed by atoms with Crippen molar-refractivity contribution in [2.24, 2.45) is 0 Å². The van der Waals surface area contributed by atoms with Crippen molar-refractivity contribution < 1.29 is 9.47 Å². The van der Waals surface area contributed by atoms with E-state index in [1.54, 1.807) is 0 Å². The minimum absolute atomic E-state index is 0.00750. The Bertz CT molecular complexity index is 2600. The van der Waals surface area contributed by atoms with E-state index in [1.807, 2.05) is 0 Å². The lowest BCUT2D eigenvalue weighted by Crippen LogP contribution is -2.57. The van der Waals surface area contributed by atoms with Crippen LogP contribution in [0.3, 0.4) is 0 Å². The number of anilines is 3. The fourth-order valence-electron chi connectivity index (χ4n) is 9.69. The fraction of sp³-hybridized carbons (Fsp3) is 0.125. The number of hydrogen-bond donors (Lipinski definition) is 0. The Morgan fingerprint density at radius 3 is 1.83 bits per heavy atom. The summed E-state index contributed by atoms with van der Waals surface area (Å²) in [5, 5.41) is 0. The lowest BCUT2D eigenvalue weighted by molar-refractivity contribution is 0.454. The second kappa shape index (κ2) is 10.3. The number of nitrogens with zero attached hydrogens (tertiary/aromatic N) is 1. The second-order valence-electron chi connectivity index (χ2n) is 15.7. The molecule has 2 aliphatic carbocycles. The van der Waals surface area contributed by atoms with Crippen LogP contribution in [-0.4, -0.2) is 6.71 Å². The summed E-state index contributed by atoms with van der Waals surface area (Å²) in [4.78, 5) is 2.35. The summed E-state index contributed by atoms with van der Waals surface area (Å²) >= 11 is 0. The lowest BCUT2D eigenvalue weighted by atomic mass is 9.34. The van der Waals surface area contributed by atoms with Gasteiger partial charge in [0.1, 0.15) is 23.0 Å². The van der Waals surface area contributed by atoms with Crippen LogP contribution in [0.2, 0.25) is 0 Å². The molecule has 0 saturated carbocycles. The Kier molecular flexibility index (Phi) is 5.88. The predicted octanol–water partition coefficient (Wildman–Crippen LogP) is 10.5. The molecule has 4 heteroatoms. The molecule has 0 atom stereocenters. The lowest BCUT2D eigenvalue weighted by Gasteiger charge is -2.36. The molecule has 4 aliphatic rings. The molecular formula is C48H36BNO2. The third-order valence-electron chi connectivity index (χ3n) is 12.1. The number of ether oxygens (including phenoxy) is 2. The van der Waals surface area contributed by atoms with Crippen LogP contribution >= 0.6 is 0 Å². The normalized spacial score (nSPS) is 15.5. The predicted molar refractivity (Wildman–Crippen MR) is 214 cm³/mol. The van der Waals surface area contributed by atoms with E-state index in [1.165, 1.54) is 55.4 Å². The molecule has 0 unspecified atom stereocenters. The van der Waals surface area contributed by atoms with Gasteiger partial charge in [-0.15, -0.1) is 0 Å². The average molecular weight is 670 g/mol. The molecule has 3 nitrogen and oxygen atoms in total. The van der Waals surface area contributed by atoms with Crippen LogP contribution in [0, 0.1) is 0 Å². The molecule has 11 rings (SSSR count). The summed E-state index contributed by atoms with van der Waals surface area (Å²) in [6.07, 6.45) is 0. The summed E-state index contributed by atoms with van der Waals surface area (Å²) in [5.41, 5.74) is 16.9. The molecule has 2 heterocycles. The standard InChI is InChI=1S/C48H36BNO2/c1-47(2)37-26-31(50(29-14-7-5-8-15-29)30-16-9-6-10-17-30)22-23-33(37)35-27-40-43(28-38(35)47)51-41-20-13-21-42-45(41)49(40)39-25-24-34-32-18-11-12-19-36(32)48(3,4)44(34)46(39)52-42/h5-28H,1-4H3. The van der Waals surface area contributed by atoms with Crippen molar-refractivity contribution in [1.82, 2.24) is 0 Å². The van der Waals surface area contributed by atoms with Gasteiger partial charge in [0, 0.05) is 38.9 Å². The van der Waals surface area contributed by atoms with Gasteiger partial charge in [-0.1, -0.05) is 119 Å². The Morgan fingerprint density at radius 1 is 0.442 bits per heavy atom. The van der Waals surface area contributed by atoms with Crippen molar-refractivity contribution in [3.05, 3.63) is 168 Å². The number of rotatable bonds is 3. The molecule has 2 aliphatic heterocycles. The SMILES string of the molecule is CC1(C)c2cc(N(c3ccccc3)c3ccccc3)ccc2-c2cc3c(cc21)Oc1cccc2c1B3c1ccc3c(c1O2)C(C)(C)c1ccccc1-3. The van der Waals surface area contributed by atoms with Crippen LogP contribution in [0.5, 0.6) is 23.0 Å². The van der Waals surface area contributed by atoms with Gasteiger partial charge in [-0.2, -0.15) is 0 Å². The highest BCUT2D eigenvalue weighted by atomic mass is 16.5. The van der Waals surface area contributed by atoms with Gasteiger partial charge in [0.15, 0.2) is 0 Å². The topological polar surface area (TPSA) is 21.7 Å². The molecular weight excluding hydrogens is 633 g/mol. The van der Waals surface area contributed by atoms with E-state index in [-0.39, 0.29) is 17.5 Å². The first-order valence-corrected chi connectivity index (χ1v) is 18.3. The number of para-hydroxylation sites is 2. The zero-order valence-electron chi connectivity index (χ0n) is 29.7. The van der Waals surface area contributed by atoms with Crippen LogP contribution < -0.4 is 30.8 Å². The molecule has 0 aromatic heterocycles. The first kappa shape index (κ1) is 29.7. The molecule has 0 saturated heterocycles. The minimum atomic E-state index is -0.232. The molecule has 0 radical (unpaired) electrons. The highest BCUT2D eigenvalue weighted by Crippen LogP contribution is 2.55. The summed E-state index contributed by atoms with van der Waals surface area (Å²) < 4.78 is 13.8. The molecule has 0 N–H and O–H groups in total. The van der Waals surface area contributed by atoms with Crippen LogP contribution in [-0.2, 0) is 10.8 Å². The van der Waals surface area contributed by atoms with Crippen molar-refractivity contribution in [3.63, 3.8) is 0 Å². The van der Waals surface area contributed by atoms with Crippen LogP contribution in [0.4, 0.5) is 17.1 Å². The zero-order chi connectivity index (χ0) is 34.9. The number of fused-ring (bicyclic) bond motifs is 11. The highest BCUT2D eigenvalue weighted by Gasteiger charge is 2.47. The van der Waals surface area contributed by atoms with Crippen molar-refractivity contribution >= 4 is 40.2 Å². The maximum atomic E-state index is 6.95. The van der Waals surface area contributed by atoms with Gasteiger partial charge in [-0.25, -0.2) is 0 Å². The minimum Gasteiger partial charge on any atom is -0.458 e. The Balaban J connectivity index is 1.09. The summed E-state index contributed by atoms with van der Waals surface area (Å²) in [5.74, 6) is 3.68. The van der Waals surface area contributed by atoms with Crippen molar-refractivity contribution in [2.75, 3.05) is 4.90 Å². The van der Waals surface area contributed by atoms with E-state index in [2.05, 4.69) is 178 Å². The van der Waals surface area contributed by atoms with Gasteiger partial charge in [0.25, 0.3) is 6.71 Å². The zero-order valence-corrected chi connectivity index (χ0v) is 29.7. The fourth-order valence-corrected chi connectivity index (χ4v) is 9.69. The number of benzene rings is 7. The van der Waals surface area contributed by atoms with E-state index in [0.29, 0.717) is 0 Å². The van der Waals surface area contributed by atoms with Crippen molar-refractivity contribution in [1.29, 1.82) is 0 Å². The van der Waals surface area contributed by atoms with E-state index in [9.17, 15) is 0 Å². The molecule has 7 aromatic carbocycles. The van der Waals surface area contributed by atoms with E-state index in [0.717, 1.165) is 45.5 Å². The van der Waals surface area contributed by atoms with E-state index < -0.39 is 0 Å². The second-order valence-corrected chi connectivity index (χ2v) is 15.7. The van der Waals surface area contributed by atoms with Crippen LogP contribution in [0.15, 0.2) is 146 Å². The maximum Gasteiger partial charge on any atom is 0.260 e. The van der Waals surface area contributed by atoms with Crippen LogP contribution in [0.1, 0.15) is 49.9 Å². The molecule has 0 spiro atoms. The average Bonchev–Trinajstić information content (AvgIpc) is 3.54. The van der Waals surface area contributed by atoms with Gasteiger partial charge in [0.2, 0.25) is 0 Å². The van der Waals surface area contributed by atoms with Crippen molar-refractivity contribution in [2.45, 2.75) is 38.5 Å². The molecule has 0 amide bonds. The summed E-state index contributed by atoms with van der Waals surface area (Å²) in [6, 6.07) is 52.8. The molecule has 52 heavy (non-hydrogen) atoms. The summed E-state index contributed by atoms with van der Waals surface area (Å²) in [6.45, 7) is 9.37. The first-order valence-electron chi connectivity index (χ1n) is 18.3. The highest BCUT2D eigenvalue weighted by molar-refractivity contribution is 6.98. The Hall–Kier alpha value is -6.00.